The molecule has 0 N–H and O–H groups in total. The number of rotatable bonds is 4. The van der Waals surface area contributed by atoms with Crippen molar-refractivity contribution in [2.45, 2.75) is 25.6 Å². The zero-order chi connectivity index (χ0) is 12.1. The van der Waals surface area contributed by atoms with E-state index in [4.69, 9.17) is 0 Å². The Morgan fingerprint density at radius 3 is 2.38 bits per heavy atom. The number of hydrogen-bond donors (Lipinski definition) is 1. The van der Waals surface area contributed by atoms with Crippen molar-refractivity contribution in [3.05, 3.63) is 35.9 Å². The number of amides is 1. The fourth-order valence-corrected chi connectivity index (χ4v) is 1.64. The SMILES string of the molecule is CC(C)C(S)C(=O)N(C)Cc1ccccc1. The van der Waals surface area contributed by atoms with Crippen LogP contribution in [0.4, 0.5) is 0 Å². The normalized spacial score (nSPS) is 12.6. The lowest BCUT2D eigenvalue weighted by Crippen LogP contribution is -2.35. The van der Waals surface area contributed by atoms with Gasteiger partial charge >= 0.3 is 0 Å². The Kier molecular flexibility index (Phi) is 4.87. The van der Waals surface area contributed by atoms with Crippen LogP contribution in [-0.4, -0.2) is 23.1 Å². The maximum atomic E-state index is 11.9. The Labute approximate surface area is 103 Å². The number of carbonyl (C=O) groups is 1. The third-order valence-corrected chi connectivity index (χ3v) is 3.34. The molecule has 1 rings (SSSR count). The molecule has 3 heteroatoms. The molecule has 1 unspecified atom stereocenters. The Morgan fingerprint density at radius 2 is 1.88 bits per heavy atom. The summed E-state index contributed by atoms with van der Waals surface area (Å²) in [7, 11) is 1.82. The van der Waals surface area contributed by atoms with E-state index in [2.05, 4.69) is 12.6 Å². The Hall–Kier alpha value is -0.960. The quantitative estimate of drug-likeness (QED) is 0.798. The summed E-state index contributed by atoms with van der Waals surface area (Å²) in [6.45, 7) is 4.65. The van der Waals surface area contributed by atoms with Crippen LogP contribution in [0, 0.1) is 5.92 Å². The molecule has 88 valence electrons. The lowest BCUT2D eigenvalue weighted by atomic mass is 10.1. The second kappa shape index (κ2) is 5.94. The van der Waals surface area contributed by atoms with Gasteiger partial charge in [0.05, 0.1) is 5.25 Å². The molecule has 0 radical (unpaired) electrons. The predicted molar refractivity (Wildman–Crippen MR) is 70.5 cm³/mol. The van der Waals surface area contributed by atoms with Crippen LogP contribution in [0.5, 0.6) is 0 Å². The molecular weight excluding hydrogens is 218 g/mol. The Bertz CT molecular complexity index is 337. The van der Waals surface area contributed by atoms with Crippen LogP contribution in [0.25, 0.3) is 0 Å². The van der Waals surface area contributed by atoms with E-state index in [0.717, 1.165) is 5.56 Å². The monoisotopic (exact) mass is 237 g/mol. The lowest BCUT2D eigenvalue weighted by Gasteiger charge is -2.23. The molecular formula is C13H19NOS. The number of nitrogens with zero attached hydrogens (tertiary/aromatic N) is 1. The number of carbonyl (C=O) groups excluding carboxylic acids is 1. The molecule has 0 aromatic heterocycles. The summed E-state index contributed by atoms with van der Waals surface area (Å²) in [4.78, 5) is 13.7. The van der Waals surface area contributed by atoms with Crippen LogP contribution in [0.1, 0.15) is 19.4 Å². The van der Waals surface area contributed by atoms with Crippen molar-refractivity contribution in [3.63, 3.8) is 0 Å². The molecule has 1 aromatic rings. The van der Waals surface area contributed by atoms with Crippen LogP contribution < -0.4 is 0 Å². The summed E-state index contributed by atoms with van der Waals surface area (Å²) in [5.74, 6) is 0.344. The van der Waals surface area contributed by atoms with Crippen molar-refractivity contribution in [2.24, 2.45) is 5.92 Å². The molecule has 16 heavy (non-hydrogen) atoms. The largest absolute Gasteiger partial charge is 0.340 e. The van der Waals surface area contributed by atoms with E-state index in [1.54, 1.807) is 4.90 Å². The summed E-state index contributed by atoms with van der Waals surface area (Å²) in [5, 5.41) is -0.214. The van der Waals surface area contributed by atoms with Crippen LogP contribution in [0.3, 0.4) is 0 Å². The van der Waals surface area contributed by atoms with E-state index in [9.17, 15) is 4.79 Å². The van der Waals surface area contributed by atoms with Gasteiger partial charge < -0.3 is 4.90 Å². The van der Waals surface area contributed by atoms with Crippen LogP contribution in [0.15, 0.2) is 30.3 Å². The maximum Gasteiger partial charge on any atom is 0.235 e. The van der Waals surface area contributed by atoms with Crippen molar-refractivity contribution in [1.82, 2.24) is 4.90 Å². The second-order valence-electron chi connectivity index (χ2n) is 4.37. The molecule has 1 aromatic carbocycles. The Morgan fingerprint density at radius 1 is 1.31 bits per heavy atom. The fourth-order valence-electron chi connectivity index (χ4n) is 1.45. The third kappa shape index (κ3) is 3.56. The molecule has 0 saturated heterocycles. The highest BCUT2D eigenvalue weighted by molar-refractivity contribution is 7.81. The van der Waals surface area contributed by atoms with Crippen molar-refractivity contribution < 1.29 is 4.79 Å². The number of hydrogen-bond acceptors (Lipinski definition) is 2. The number of benzene rings is 1. The first kappa shape index (κ1) is 13.1. The summed E-state index contributed by atoms with van der Waals surface area (Å²) < 4.78 is 0. The average Bonchev–Trinajstić information content (AvgIpc) is 2.28. The van der Waals surface area contributed by atoms with Gasteiger partial charge in [0.15, 0.2) is 0 Å². The zero-order valence-electron chi connectivity index (χ0n) is 10.1. The lowest BCUT2D eigenvalue weighted by molar-refractivity contribution is -0.130. The first-order valence-electron chi connectivity index (χ1n) is 5.49. The summed E-state index contributed by atoms with van der Waals surface area (Å²) in [6.07, 6.45) is 0. The van der Waals surface area contributed by atoms with E-state index in [-0.39, 0.29) is 17.1 Å². The van der Waals surface area contributed by atoms with Crippen LogP contribution >= 0.6 is 12.6 Å². The molecule has 0 spiro atoms. The topological polar surface area (TPSA) is 20.3 Å². The summed E-state index contributed by atoms with van der Waals surface area (Å²) in [5.41, 5.74) is 1.14. The van der Waals surface area contributed by atoms with Crippen LogP contribution in [0.2, 0.25) is 0 Å². The van der Waals surface area contributed by atoms with Gasteiger partial charge in [0.25, 0.3) is 0 Å². The highest BCUT2D eigenvalue weighted by Gasteiger charge is 2.21. The second-order valence-corrected chi connectivity index (χ2v) is 4.93. The van der Waals surface area contributed by atoms with E-state index < -0.39 is 0 Å². The maximum absolute atomic E-state index is 11.9. The fraction of sp³-hybridized carbons (Fsp3) is 0.462. The van der Waals surface area contributed by atoms with Crippen LogP contribution in [-0.2, 0) is 11.3 Å². The third-order valence-electron chi connectivity index (χ3n) is 2.52. The van der Waals surface area contributed by atoms with Crippen molar-refractivity contribution >= 4 is 18.5 Å². The minimum atomic E-state index is -0.214. The summed E-state index contributed by atoms with van der Waals surface area (Å²) in [6, 6.07) is 9.97. The smallest absolute Gasteiger partial charge is 0.235 e. The molecule has 1 atom stereocenters. The Balaban J connectivity index is 2.59. The van der Waals surface area contributed by atoms with Gasteiger partial charge in [0.1, 0.15) is 0 Å². The molecule has 0 aliphatic heterocycles. The minimum Gasteiger partial charge on any atom is -0.340 e. The molecule has 0 aliphatic rings. The summed E-state index contributed by atoms with van der Waals surface area (Å²) >= 11 is 4.33. The number of thiol groups is 1. The van der Waals surface area contributed by atoms with Crippen molar-refractivity contribution in [2.75, 3.05) is 7.05 Å². The molecule has 0 bridgehead atoms. The molecule has 1 amide bonds. The van der Waals surface area contributed by atoms with Crippen molar-refractivity contribution in [3.8, 4) is 0 Å². The molecule has 0 saturated carbocycles. The molecule has 2 nitrogen and oxygen atoms in total. The van der Waals surface area contributed by atoms with E-state index in [0.29, 0.717) is 6.54 Å². The predicted octanol–water partition coefficient (Wildman–Crippen LogP) is 2.60. The van der Waals surface area contributed by atoms with Gasteiger partial charge in [-0.3, -0.25) is 4.79 Å². The zero-order valence-corrected chi connectivity index (χ0v) is 10.9. The first-order valence-corrected chi connectivity index (χ1v) is 6.01. The highest BCUT2D eigenvalue weighted by Crippen LogP contribution is 2.13. The van der Waals surface area contributed by atoms with Gasteiger partial charge in [-0.25, -0.2) is 0 Å². The first-order chi connectivity index (χ1) is 7.52. The standard InChI is InChI=1S/C13H19NOS/c1-10(2)12(16)13(15)14(3)9-11-7-5-4-6-8-11/h4-8,10,12,16H,9H2,1-3H3. The van der Waals surface area contributed by atoms with Gasteiger partial charge in [0.2, 0.25) is 5.91 Å². The van der Waals surface area contributed by atoms with E-state index in [1.807, 2.05) is 51.2 Å². The van der Waals surface area contributed by atoms with Gasteiger partial charge in [-0.05, 0) is 11.5 Å². The van der Waals surface area contributed by atoms with Gasteiger partial charge in [0, 0.05) is 13.6 Å². The van der Waals surface area contributed by atoms with Gasteiger partial charge in [-0.1, -0.05) is 44.2 Å². The van der Waals surface area contributed by atoms with E-state index >= 15 is 0 Å². The highest BCUT2D eigenvalue weighted by atomic mass is 32.1. The van der Waals surface area contributed by atoms with Gasteiger partial charge in [-0.2, -0.15) is 12.6 Å². The molecule has 0 aliphatic carbocycles. The average molecular weight is 237 g/mol. The van der Waals surface area contributed by atoms with Crippen molar-refractivity contribution in [1.29, 1.82) is 0 Å². The van der Waals surface area contributed by atoms with E-state index in [1.165, 1.54) is 0 Å². The molecule has 0 fully saturated rings. The molecule has 0 heterocycles. The minimum absolute atomic E-state index is 0.0854. The van der Waals surface area contributed by atoms with Gasteiger partial charge in [-0.15, -0.1) is 0 Å².